The maximum atomic E-state index is 12.6. The Hall–Kier alpha value is -4.74. The zero-order valence-corrected chi connectivity index (χ0v) is 33.9. The first-order valence-electron chi connectivity index (χ1n) is 21.5. The van der Waals surface area contributed by atoms with Gasteiger partial charge in [0, 0.05) is 90.4 Å². The van der Waals surface area contributed by atoms with Crippen molar-refractivity contribution in [2.75, 3.05) is 65.4 Å². The van der Waals surface area contributed by atoms with E-state index in [1.54, 1.807) is 0 Å². The summed E-state index contributed by atoms with van der Waals surface area (Å²) in [6.07, 6.45) is 5.19. The largest absolute Gasteiger partial charge is 0.390 e. The number of aliphatic hydroxyl groups is 2. The van der Waals surface area contributed by atoms with Gasteiger partial charge in [0.1, 0.15) is 0 Å². The highest BCUT2D eigenvalue weighted by Crippen LogP contribution is 2.28. The summed E-state index contributed by atoms with van der Waals surface area (Å²) < 4.78 is 0. The van der Waals surface area contributed by atoms with Gasteiger partial charge in [-0.15, -0.1) is 0 Å². The molecule has 2 fully saturated rings. The summed E-state index contributed by atoms with van der Waals surface area (Å²) in [5.41, 5.74) is 8.10. The number of carbonyl (C=O) groups excluding carboxylic acids is 2. The highest BCUT2D eigenvalue weighted by Gasteiger charge is 2.27. The van der Waals surface area contributed by atoms with Crippen LogP contribution >= 0.6 is 0 Å². The molecule has 0 radical (unpaired) electrons. The van der Waals surface area contributed by atoms with Crippen molar-refractivity contribution in [3.05, 3.63) is 143 Å². The number of β-amino-alcohol motifs (C(OH)–C–C–N with tert-alkyl or cyclic N) is 2. The van der Waals surface area contributed by atoms with E-state index in [4.69, 9.17) is 0 Å². The maximum Gasteiger partial charge on any atom is 0.317 e. The average molecular weight is 787 g/mol. The summed E-state index contributed by atoms with van der Waals surface area (Å²) in [6.45, 7) is 8.46. The van der Waals surface area contributed by atoms with E-state index in [2.05, 4.69) is 117 Å². The van der Waals surface area contributed by atoms with E-state index in [0.717, 1.165) is 90.9 Å². The summed E-state index contributed by atoms with van der Waals surface area (Å²) in [5.74, 6) is 0.795. The standard InChI is InChI=1S/2C24H31N3O2/c2*28-23(18-26-14-12-20-9-4-5-10-21(20)16-26)15-25-24(29)27-13-6-11-22(17-27)19-7-2-1-3-8-19/h2*1-5,7-10,22-23,28H,6,11-18H2,(H,25,29)/t22-,23+;22-,23-/m10/s1. The molecule has 4 heterocycles. The van der Waals surface area contributed by atoms with Gasteiger partial charge >= 0.3 is 12.1 Å². The van der Waals surface area contributed by atoms with Gasteiger partial charge in [-0.2, -0.15) is 0 Å². The zero-order chi connectivity index (χ0) is 40.1. The van der Waals surface area contributed by atoms with Crippen LogP contribution in [0.3, 0.4) is 0 Å². The number of benzene rings is 4. The second-order valence-corrected chi connectivity index (χ2v) is 16.6. The van der Waals surface area contributed by atoms with Gasteiger partial charge in [-0.1, -0.05) is 109 Å². The first kappa shape index (κ1) is 41.4. The topological polar surface area (TPSA) is 112 Å². The number of nitrogens with zero attached hydrogens (tertiary/aromatic N) is 4. The smallest absolute Gasteiger partial charge is 0.317 e. The van der Waals surface area contributed by atoms with Gasteiger partial charge in [-0.05, 0) is 71.9 Å². The lowest BCUT2D eigenvalue weighted by atomic mass is 9.91. The molecule has 4 atom stereocenters. The minimum atomic E-state index is -0.557. The molecule has 0 saturated carbocycles. The van der Waals surface area contributed by atoms with Gasteiger partial charge in [0.2, 0.25) is 0 Å². The van der Waals surface area contributed by atoms with Crippen LogP contribution in [-0.2, 0) is 25.9 Å². The van der Waals surface area contributed by atoms with Crippen LogP contribution in [0.1, 0.15) is 70.9 Å². The Morgan fingerprint density at radius 3 is 1.33 bits per heavy atom. The second kappa shape index (κ2) is 20.8. The number of likely N-dealkylation sites (tertiary alicyclic amines) is 2. The number of piperidine rings is 2. The van der Waals surface area contributed by atoms with Crippen LogP contribution < -0.4 is 10.6 Å². The number of fused-ring (bicyclic) bond motifs is 2. The van der Waals surface area contributed by atoms with Crippen LogP contribution in [-0.4, -0.2) is 120 Å². The molecule has 0 spiro atoms. The molecule has 8 rings (SSSR count). The van der Waals surface area contributed by atoms with Crippen molar-refractivity contribution in [3.8, 4) is 0 Å². The Bertz CT molecular complexity index is 1760. The fourth-order valence-electron chi connectivity index (χ4n) is 9.10. The number of hydrogen-bond donors (Lipinski definition) is 4. The van der Waals surface area contributed by atoms with Gasteiger partial charge in [-0.25, -0.2) is 9.59 Å². The summed E-state index contributed by atoms with van der Waals surface area (Å²) >= 11 is 0. The lowest BCUT2D eigenvalue weighted by Gasteiger charge is -2.34. The molecule has 4 aliphatic heterocycles. The average Bonchev–Trinajstić information content (AvgIpc) is 3.28. The van der Waals surface area contributed by atoms with E-state index in [1.807, 2.05) is 21.9 Å². The number of amides is 4. The quantitative estimate of drug-likeness (QED) is 0.157. The van der Waals surface area contributed by atoms with Crippen molar-refractivity contribution in [2.45, 2.75) is 75.7 Å². The van der Waals surface area contributed by atoms with E-state index in [0.29, 0.717) is 38.0 Å². The molecule has 10 heteroatoms. The molecule has 0 bridgehead atoms. The van der Waals surface area contributed by atoms with Gasteiger partial charge in [0.15, 0.2) is 0 Å². The number of nitrogens with one attached hydrogen (secondary N) is 2. The molecule has 4 aliphatic rings. The minimum absolute atomic E-state index is 0.0614. The maximum absolute atomic E-state index is 12.6. The van der Waals surface area contributed by atoms with Crippen molar-refractivity contribution in [2.24, 2.45) is 0 Å². The van der Waals surface area contributed by atoms with E-state index in [-0.39, 0.29) is 12.1 Å². The third-order valence-electron chi connectivity index (χ3n) is 12.3. The molecular weight excluding hydrogens is 725 g/mol. The highest BCUT2D eigenvalue weighted by atomic mass is 16.3. The van der Waals surface area contributed by atoms with Crippen molar-refractivity contribution < 1.29 is 19.8 Å². The molecule has 58 heavy (non-hydrogen) atoms. The van der Waals surface area contributed by atoms with Crippen LogP contribution in [0.15, 0.2) is 109 Å². The summed E-state index contributed by atoms with van der Waals surface area (Å²) in [7, 11) is 0. The third-order valence-corrected chi connectivity index (χ3v) is 12.3. The molecule has 0 aromatic heterocycles. The molecule has 308 valence electrons. The second-order valence-electron chi connectivity index (χ2n) is 16.6. The normalized spacial score (nSPS) is 20.7. The van der Waals surface area contributed by atoms with Crippen molar-refractivity contribution >= 4 is 12.1 Å². The summed E-state index contributed by atoms with van der Waals surface area (Å²) in [4.78, 5) is 33.6. The fraction of sp³-hybridized carbons (Fsp3) is 0.458. The first-order chi connectivity index (χ1) is 28.4. The molecule has 4 amide bonds. The number of hydrogen-bond acceptors (Lipinski definition) is 6. The van der Waals surface area contributed by atoms with Crippen molar-refractivity contribution in [1.29, 1.82) is 0 Å². The lowest BCUT2D eigenvalue weighted by Crippen LogP contribution is -2.48. The van der Waals surface area contributed by atoms with Crippen LogP contribution in [0, 0.1) is 0 Å². The number of rotatable bonds is 10. The van der Waals surface area contributed by atoms with Gasteiger partial charge in [0.05, 0.1) is 12.2 Å². The minimum Gasteiger partial charge on any atom is -0.390 e. The molecule has 4 N–H and O–H groups in total. The Kier molecular flexibility index (Phi) is 14.9. The van der Waals surface area contributed by atoms with Crippen LogP contribution in [0.25, 0.3) is 0 Å². The van der Waals surface area contributed by atoms with Crippen molar-refractivity contribution in [3.63, 3.8) is 0 Å². The summed E-state index contributed by atoms with van der Waals surface area (Å²) in [5, 5.41) is 26.8. The Labute approximate surface area is 344 Å². The zero-order valence-electron chi connectivity index (χ0n) is 33.9. The molecule has 0 unspecified atom stereocenters. The van der Waals surface area contributed by atoms with E-state index in [9.17, 15) is 19.8 Å². The Morgan fingerprint density at radius 1 is 0.534 bits per heavy atom. The number of carbonyl (C=O) groups is 2. The SMILES string of the molecule is O=C(NC[C@H](O)CN1CCc2ccccc2C1)N1CCC[C@@H](c2ccccc2)C1.O=C(NC[C@H](O)CN1CCc2ccccc2C1)N1CCC[C@H](c2ccccc2)C1. The first-order valence-corrected chi connectivity index (χ1v) is 21.5. The fourth-order valence-corrected chi connectivity index (χ4v) is 9.10. The molecule has 0 aliphatic carbocycles. The third kappa shape index (κ3) is 11.7. The van der Waals surface area contributed by atoms with Crippen LogP contribution in [0.5, 0.6) is 0 Å². The monoisotopic (exact) mass is 786 g/mol. The van der Waals surface area contributed by atoms with Gasteiger partial charge in [-0.3, -0.25) is 9.80 Å². The van der Waals surface area contributed by atoms with Crippen LogP contribution in [0.4, 0.5) is 9.59 Å². The molecule has 4 aromatic carbocycles. The van der Waals surface area contributed by atoms with E-state index < -0.39 is 12.2 Å². The molecule has 2 saturated heterocycles. The molecule has 10 nitrogen and oxygen atoms in total. The Balaban J connectivity index is 0.000000177. The van der Waals surface area contributed by atoms with Gasteiger partial charge < -0.3 is 30.6 Å². The predicted octanol–water partition coefficient (Wildman–Crippen LogP) is 5.99. The summed E-state index contributed by atoms with van der Waals surface area (Å²) in [6, 6.07) is 37.8. The van der Waals surface area contributed by atoms with E-state index >= 15 is 0 Å². The van der Waals surface area contributed by atoms with Gasteiger partial charge in [0.25, 0.3) is 0 Å². The number of urea groups is 2. The van der Waals surface area contributed by atoms with Crippen molar-refractivity contribution in [1.82, 2.24) is 30.2 Å². The molecular formula is C48H62N6O4. The van der Waals surface area contributed by atoms with Crippen LogP contribution in [0.2, 0.25) is 0 Å². The molecule has 4 aromatic rings. The number of aliphatic hydroxyl groups excluding tert-OH is 2. The lowest BCUT2D eigenvalue weighted by molar-refractivity contribution is 0.102. The highest BCUT2D eigenvalue weighted by molar-refractivity contribution is 5.75. The Morgan fingerprint density at radius 2 is 0.914 bits per heavy atom. The predicted molar refractivity (Wildman–Crippen MR) is 230 cm³/mol. The van der Waals surface area contributed by atoms with E-state index in [1.165, 1.54) is 33.4 Å².